The highest BCUT2D eigenvalue weighted by atomic mass is 16.5. The van der Waals surface area contributed by atoms with E-state index in [0.29, 0.717) is 36.7 Å². The highest BCUT2D eigenvalue weighted by Crippen LogP contribution is 2.38. The first-order valence-corrected chi connectivity index (χ1v) is 7.62. The van der Waals surface area contributed by atoms with E-state index in [2.05, 4.69) is 6.92 Å². The average Bonchev–Trinajstić information content (AvgIpc) is 2.49. The number of para-hydroxylation sites is 1. The number of Topliss-reactive ketones (excluding diaryl/α,β-unsaturated/α-hetero) is 1. The van der Waals surface area contributed by atoms with Crippen LogP contribution in [0.1, 0.15) is 54.9 Å². The minimum atomic E-state index is -1.19. The molecule has 20 heavy (non-hydrogen) atoms. The summed E-state index contributed by atoms with van der Waals surface area (Å²) in [5, 5.41) is 10.7. The van der Waals surface area contributed by atoms with E-state index >= 15 is 0 Å². The van der Waals surface area contributed by atoms with E-state index in [1.165, 1.54) is 0 Å². The summed E-state index contributed by atoms with van der Waals surface area (Å²) in [4.78, 5) is 12.8. The lowest BCUT2D eigenvalue weighted by molar-refractivity contribution is 0.00394. The van der Waals surface area contributed by atoms with Crippen molar-refractivity contribution >= 4 is 5.78 Å². The Balaban J connectivity index is 1.91. The second kappa shape index (κ2) is 5.21. The zero-order valence-corrected chi connectivity index (χ0v) is 12.0. The summed E-state index contributed by atoms with van der Waals surface area (Å²) in [5.41, 5.74) is 0.469. The normalized spacial score (nSPS) is 29.4. The number of carbonyl (C=O) groups excluding carboxylic acids is 1. The predicted molar refractivity (Wildman–Crippen MR) is 77.2 cm³/mol. The molecule has 1 aromatic carbocycles. The number of fused-ring (bicyclic) bond motifs is 1. The van der Waals surface area contributed by atoms with Gasteiger partial charge in [-0.25, -0.2) is 0 Å². The molecule has 3 heteroatoms. The van der Waals surface area contributed by atoms with Gasteiger partial charge in [0.2, 0.25) is 0 Å². The van der Waals surface area contributed by atoms with Gasteiger partial charge in [0.1, 0.15) is 11.4 Å². The molecular weight excluding hydrogens is 252 g/mol. The van der Waals surface area contributed by atoms with Gasteiger partial charge < -0.3 is 9.84 Å². The third kappa shape index (κ3) is 2.35. The van der Waals surface area contributed by atoms with Gasteiger partial charge in [-0.3, -0.25) is 4.79 Å². The van der Waals surface area contributed by atoms with Gasteiger partial charge in [0.15, 0.2) is 5.78 Å². The zero-order valence-electron chi connectivity index (χ0n) is 12.0. The average molecular weight is 274 g/mol. The van der Waals surface area contributed by atoms with Crippen molar-refractivity contribution in [2.75, 3.05) is 6.61 Å². The van der Waals surface area contributed by atoms with Crippen molar-refractivity contribution in [2.45, 2.75) is 51.0 Å². The molecule has 0 spiro atoms. The van der Waals surface area contributed by atoms with Crippen LogP contribution in [0.5, 0.6) is 5.75 Å². The molecule has 0 amide bonds. The summed E-state index contributed by atoms with van der Waals surface area (Å²) >= 11 is 0. The monoisotopic (exact) mass is 274 g/mol. The summed E-state index contributed by atoms with van der Waals surface area (Å²) < 4.78 is 5.70. The van der Waals surface area contributed by atoms with Crippen molar-refractivity contribution < 1.29 is 14.6 Å². The van der Waals surface area contributed by atoms with E-state index in [9.17, 15) is 9.90 Å². The Kier molecular flexibility index (Phi) is 3.55. The van der Waals surface area contributed by atoms with Crippen molar-refractivity contribution in [1.29, 1.82) is 0 Å². The molecule has 3 nitrogen and oxygen atoms in total. The number of hydrogen-bond donors (Lipinski definition) is 1. The van der Waals surface area contributed by atoms with E-state index in [0.717, 1.165) is 31.2 Å². The molecule has 0 radical (unpaired) electrons. The first kappa shape index (κ1) is 13.6. The number of aryl methyl sites for hydroxylation is 1. The summed E-state index contributed by atoms with van der Waals surface area (Å²) in [6.45, 7) is 2.84. The smallest absolute Gasteiger partial charge is 0.198 e. The molecule has 1 saturated carbocycles. The Bertz CT molecular complexity index is 513. The van der Waals surface area contributed by atoms with Crippen LogP contribution in [0.3, 0.4) is 0 Å². The van der Waals surface area contributed by atoms with Crippen LogP contribution in [0.15, 0.2) is 18.2 Å². The summed E-state index contributed by atoms with van der Waals surface area (Å²) in [6, 6.07) is 5.70. The summed E-state index contributed by atoms with van der Waals surface area (Å²) in [6.07, 6.45) is 4.90. The Morgan fingerprint density at radius 1 is 1.35 bits per heavy atom. The lowest BCUT2D eigenvalue weighted by Gasteiger charge is -2.34. The van der Waals surface area contributed by atoms with Crippen molar-refractivity contribution in [2.24, 2.45) is 5.92 Å². The van der Waals surface area contributed by atoms with E-state index in [4.69, 9.17) is 4.74 Å². The number of benzene rings is 1. The Morgan fingerprint density at radius 3 is 2.85 bits per heavy atom. The van der Waals surface area contributed by atoms with E-state index in [1.54, 1.807) is 6.07 Å². The van der Waals surface area contributed by atoms with Gasteiger partial charge in [-0.2, -0.15) is 0 Å². The minimum absolute atomic E-state index is 0.150. The number of carbonyl (C=O) groups is 1. The fourth-order valence-electron chi connectivity index (χ4n) is 3.29. The largest absolute Gasteiger partial charge is 0.493 e. The molecule has 2 aliphatic rings. The van der Waals surface area contributed by atoms with Crippen molar-refractivity contribution in [3.63, 3.8) is 0 Å². The van der Waals surface area contributed by atoms with Crippen LogP contribution in [-0.4, -0.2) is 23.1 Å². The summed E-state index contributed by atoms with van der Waals surface area (Å²) in [5.74, 6) is 1.16. The zero-order chi connectivity index (χ0) is 14.2. The Hall–Kier alpha value is -1.35. The third-order valence-electron chi connectivity index (χ3n) is 4.70. The van der Waals surface area contributed by atoms with Gasteiger partial charge in [-0.05, 0) is 56.1 Å². The van der Waals surface area contributed by atoms with Gasteiger partial charge in [-0.15, -0.1) is 0 Å². The Labute approximate surface area is 120 Å². The van der Waals surface area contributed by atoms with Crippen LogP contribution in [0.2, 0.25) is 0 Å². The van der Waals surface area contributed by atoms with Crippen LogP contribution in [-0.2, 0) is 6.42 Å². The molecule has 0 aromatic heterocycles. The Morgan fingerprint density at radius 2 is 2.10 bits per heavy atom. The van der Waals surface area contributed by atoms with Crippen LogP contribution < -0.4 is 4.74 Å². The van der Waals surface area contributed by atoms with Gasteiger partial charge >= 0.3 is 0 Å². The fourth-order valence-corrected chi connectivity index (χ4v) is 3.29. The molecule has 0 saturated heterocycles. The predicted octanol–water partition coefficient (Wildman–Crippen LogP) is 3.14. The number of ketones is 1. The molecule has 1 aliphatic carbocycles. The SMILES string of the molecule is CC1CCC(O)(C(=O)c2cccc3c2OCCC3)CC1. The van der Waals surface area contributed by atoms with Crippen LogP contribution in [0.25, 0.3) is 0 Å². The highest BCUT2D eigenvalue weighted by Gasteiger charge is 2.40. The van der Waals surface area contributed by atoms with Crippen LogP contribution >= 0.6 is 0 Å². The quantitative estimate of drug-likeness (QED) is 0.843. The maximum Gasteiger partial charge on any atom is 0.198 e. The van der Waals surface area contributed by atoms with Gasteiger partial charge in [0.25, 0.3) is 0 Å². The lowest BCUT2D eigenvalue weighted by atomic mass is 9.75. The molecular formula is C17H22O3. The minimum Gasteiger partial charge on any atom is -0.493 e. The molecule has 1 aliphatic heterocycles. The highest BCUT2D eigenvalue weighted by molar-refractivity contribution is 6.04. The first-order valence-electron chi connectivity index (χ1n) is 7.62. The molecule has 0 bridgehead atoms. The van der Waals surface area contributed by atoms with Gasteiger partial charge in [0.05, 0.1) is 12.2 Å². The molecule has 3 rings (SSSR count). The van der Waals surface area contributed by atoms with Crippen molar-refractivity contribution in [3.8, 4) is 5.75 Å². The maximum absolute atomic E-state index is 12.8. The van der Waals surface area contributed by atoms with Crippen LogP contribution in [0.4, 0.5) is 0 Å². The number of aliphatic hydroxyl groups is 1. The van der Waals surface area contributed by atoms with Crippen LogP contribution in [0, 0.1) is 5.92 Å². The van der Waals surface area contributed by atoms with Gasteiger partial charge in [0, 0.05) is 0 Å². The van der Waals surface area contributed by atoms with E-state index in [1.807, 2.05) is 12.1 Å². The van der Waals surface area contributed by atoms with Gasteiger partial charge in [-0.1, -0.05) is 19.1 Å². The van der Waals surface area contributed by atoms with Crippen molar-refractivity contribution in [3.05, 3.63) is 29.3 Å². The number of rotatable bonds is 2. The molecule has 1 aromatic rings. The molecule has 1 heterocycles. The third-order valence-corrected chi connectivity index (χ3v) is 4.70. The first-order chi connectivity index (χ1) is 9.60. The second-order valence-electron chi connectivity index (χ2n) is 6.29. The summed E-state index contributed by atoms with van der Waals surface area (Å²) in [7, 11) is 0. The molecule has 1 N–H and O–H groups in total. The number of hydrogen-bond acceptors (Lipinski definition) is 3. The van der Waals surface area contributed by atoms with Crippen molar-refractivity contribution in [1.82, 2.24) is 0 Å². The molecule has 0 unspecified atom stereocenters. The lowest BCUT2D eigenvalue weighted by Crippen LogP contribution is -2.42. The molecule has 0 atom stereocenters. The van der Waals surface area contributed by atoms with E-state index < -0.39 is 5.60 Å². The second-order valence-corrected chi connectivity index (χ2v) is 6.29. The fraction of sp³-hybridized carbons (Fsp3) is 0.588. The van der Waals surface area contributed by atoms with E-state index in [-0.39, 0.29) is 5.78 Å². The standard InChI is InChI=1S/C17H22O3/c1-12-7-9-17(19,10-8-12)16(18)14-6-2-4-13-5-3-11-20-15(13)14/h2,4,6,12,19H,3,5,7-11H2,1H3. The maximum atomic E-state index is 12.8. The molecule has 1 fully saturated rings. The number of ether oxygens (including phenoxy) is 1. The molecule has 108 valence electrons. The topological polar surface area (TPSA) is 46.5 Å².